The van der Waals surface area contributed by atoms with Gasteiger partial charge in [0.2, 0.25) is 0 Å². The maximum Gasteiger partial charge on any atom is 0.254 e. The van der Waals surface area contributed by atoms with Gasteiger partial charge in [-0.05, 0) is 48.9 Å². The van der Waals surface area contributed by atoms with E-state index in [0.717, 1.165) is 41.7 Å². The van der Waals surface area contributed by atoms with E-state index in [0.29, 0.717) is 12.4 Å². The van der Waals surface area contributed by atoms with Gasteiger partial charge in [-0.1, -0.05) is 43.7 Å². The minimum Gasteiger partial charge on any atom is -0.331 e. The van der Waals surface area contributed by atoms with E-state index in [1.165, 1.54) is 6.07 Å². The number of hydrogen-bond donors (Lipinski definition) is 0. The average Bonchev–Trinajstić information content (AvgIpc) is 3.16. The van der Waals surface area contributed by atoms with Crippen LogP contribution in [0.1, 0.15) is 35.9 Å². The summed E-state index contributed by atoms with van der Waals surface area (Å²) >= 11 is 0. The summed E-state index contributed by atoms with van der Waals surface area (Å²) in [6.45, 7) is 2.78. The largest absolute Gasteiger partial charge is 0.331 e. The minimum atomic E-state index is -1.03. The molecule has 0 aliphatic carbocycles. The van der Waals surface area contributed by atoms with Crippen molar-refractivity contribution in [1.29, 1.82) is 0 Å². The van der Waals surface area contributed by atoms with Gasteiger partial charge in [-0.15, -0.1) is 0 Å². The molecule has 1 amide bonds. The molecule has 1 heterocycles. The number of fused-ring (bicyclic) bond motifs is 1. The number of hydrogen-bond acceptors (Lipinski definition) is 2. The summed E-state index contributed by atoms with van der Waals surface area (Å²) in [6, 6.07) is 20.9. The number of imidazole rings is 1. The lowest BCUT2D eigenvalue weighted by molar-refractivity contribution is 0.0735. The van der Waals surface area contributed by atoms with Crippen molar-refractivity contribution >= 4 is 16.9 Å². The average molecular weight is 419 g/mol. The third-order valence-electron chi connectivity index (χ3n) is 5.21. The Morgan fingerprint density at radius 1 is 0.968 bits per heavy atom. The van der Waals surface area contributed by atoms with Crippen molar-refractivity contribution < 1.29 is 13.6 Å². The van der Waals surface area contributed by atoms with E-state index in [-0.39, 0.29) is 18.0 Å². The van der Waals surface area contributed by atoms with E-state index in [2.05, 4.69) is 0 Å². The van der Waals surface area contributed by atoms with Gasteiger partial charge < -0.3 is 4.90 Å². The third-order valence-corrected chi connectivity index (χ3v) is 5.21. The van der Waals surface area contributed by atoms with Gasteiger partial charge in [0.25, 0.3) is 5.91 Å². The number of aromatic nitrogens is 2. The van der Waals surface area contributed by atoms with Gasteiger partial charge in [-0.3, -0.25) is 9.36 Å². The number of unbranched alkanes of at least 4 members (excludes halogenated alkanes) is 1. The van der Waals surface area contributed by atoms with Crippen LogP contribution in [0.15, 0.2) is 72.8 Å². The highest BCUT2D eigenvalue weighted by molar-refractivity contribution is 5.94. The van der Waals surface area contributed by atoms with Gasteiger partial charge in [-0.25, -0.2) is 13.8 Å². The predicted octanol–water partition coefficient (Wildman–Crippen LogP) is 5.75. The van der Waals surface area contributed by atoms with Crippen molar-refractivity contribution in [2.24, 2.45) is 0 Å². The number of carbonyl (C=O) groups is 1. The Balaban J connectivity index is 1.75. The van der Waals surface area contributed by atoms with Gasteiger partial charge in [0.15, 0.2) is 11.6 Å². The van der Waals surface area contributed by atoms with E-state index in [1.807, 2.05) is 66.1 Å². The number of nitrogens with zero attached hydrogens (tertiary/aromatic N) is 3. The van der Waals surface area contributed by atoms with Crippen LogP contribution in [-0.2, 0) is 6.54 Å². The van der Waals surface area contributed by atoms with Crippen LogP contribution in [0.2, 0.25) is 0 Å². The van der Waals surface area contributed by atoms with Crippen LogP contribution >= 0.6 is 0 Å². The number of halogens is 2. The molecule has 0 bridgehead atoms. The number of amides is 1. The van der Waals surface area contributed by atoms with Crippen molar-refractivity contribution in [3.8, 4) is 5.69 Å². The van der Waals surface area contributed by atoms with Crippen LogP contribution in [0.5, 0.6) is 0 Å². The first-order valence-electron chi connectivity index (χ1n) is 10.3. The Bertz CT molecular complexity index is 1200. The molecule has 1 aromatic heterocycles. The lowest BCUT2D eigenvalue weighted by atomic mass is 10.1. The summed E-state index contributed by atoms with van der Waals surface area (Å²) in [5.74, 6) is -1.64. The molecule has 0 saturated carbocycles. The lowest BCUT2D eigenvalue weighted by Crippen LogP contribution is -2.32. The zero-order valence-corrected chi connectivity index (χ0v) is 17.3. The monoisotopic (exact) mass is 419 g/mol. The quantitative estimate of drug-likeness (QED) is 0.383. The molecule has 0 fully saturated rings. The van der Waals surface area contributed by atoms with Crippen molar-refractivity contribution in [3.63, 3.8) is 0 Å². The molecule has 0 aliphatic rings. The highest BCUT2D eigenvalue weighted by atomic mass is 19.2. The van der Waals surface area contributed by atoms with Crippen molar-refractivity contribution in [2.45, 2.75) is 26.3 Å². The Morgan fingerprint density at radius 3 is 2.45 bits per heavy atom. The molecule has 4 aromatic rings. The Hall–Kier alpha value is -3.54. The van der Waals surface area contributed by atoms with E-state index in [9.17, 15) is 13.6 Å². The highest BCUT2D eigenvalue weighted by Gasteiger charge is 2.21. The maximum absolute atomic E-state index is 13.7. The standard InChI is InChI=1S/C25H23F2N3O/c1-2-3-15-29(25(31)18-13-14-20(26)21(27)16-18)17-24-28-22-11-7-8-12-23(22)30(24)19-9-5-4-6-10-19/h4-14,16H,2-3,15,17H2,1H3. The number of rotatable bonds is 7. The molecule has 6 heteroatoms. The SMILES string of the molecule is CCCCN(Cc1nc2ccccc2n1-c1ccccc1)C(=O)c1ccc(F)c(F)c1. The first-order chi connectivity index (χ1) is 15.1. The molecule has 4 nitrogen and oxygen atoms in total. The minimum absolute atomic E-state index is 0.123. The van der Waals surface area contributed by atoms with Crippen LogP contribution < -0.4 is 0 Å². The number of para-hydroxylation sites is 3. The fourth-order valence-electron chi connectivity index (χ4n) is 3.63. The smallest absolute Gasteiger partial charge is 0.254 e. The first kappa shape index (κ1) is 20.7. The van der Waals surface area contributed by atoms with Crippen molar-refractivity contribution in [2.75, 3.05) is 6.54 Å². The fraction of sp³-hybridized carbons (Fsp3) is 0.200. The lowest BCUT2D eigenvalue weighted by Gasteiger charge is -2.23. The second kappa shape index (κ2) is 9.08. The van der Waals surface area contributed by atoms with E-state index >= 15 is 0 Å². The Morgan fingerprint density at radius 2 is 1.71 bits per heavy atom. The summed E-state index contributed by atoms with van der Waals surface area (Å²) in [5.41, 5.74) is 2.84. The van der Waals surface area contributed by atoms with Crippen LogP contribution in [-0.4, -0.2) is 26.9 Å². The second-order valence-electron chi connectivity index (χ2n) is 7.40. The van der Waals surface area contributed by atoms with Gasteiger partial charge >= 0.3 is 0 Å². The summed E-state index contributed by atoms with van der Waals surface area (Å²) in [6.07, 6.45) is 1.69. The molecule has 0 N–H and O–H groups in total. The molecule has 158 valence electrons. The van der Waals surface area contributed by atoms with E-state index < -0.39 is 11.6 Å². The van der Waals surface area contributed by atoms with Crippen LogP contribution in [0.3, 0.4) is 0 Å². The van der Waals surface area contributed by atoms with Crippen LogP contribution in [0.25, 0.3) is 16.7 Å². The van der Waals surface area contributed by atoms with Crippen LogP contribution in [0, 0.1) is 11.6 Å². The van der Waals surface area contributed by atoms with E-state index in [4.69, 9.17) is 4.98 Å². The zero-order valence-electron chi connectivity index (χ0n) is 17.3. The van der Waals surface area contributed by atoms with E-state index in [1.54, 1.807) is 4.90 Å². The molecule has 3 aromatic carbocycles. The topological polar surface area (TPSA) is 38.1 Å². The van der Waals surface area contributed by atoms with Gasteiger partial charge in [0.1, 0.15) is 5.82 Å². The molecular formula is C25H23F2N3O. The molecule has 4 rings (SSSR count). The summed E-state index contributed by atoms with van der Waals surface area (Å²) in [7, 11) is 0. The molecule has 0 aliphatic heterocycles. The molecule has 0 unspecified atom stereocenters. The molecule has 0 saturated heterocycles. The summed E-state index contributed by atoms with van der Waals surface area (Å²) in [5, 5.41) is 0. The van der Waals surface area contributed by atoms with Gasteiger partial charge in [0.05, 0.1) is 17.6 Å². The third kappa shape index (κ3) is 4.33. The molecule has 31 heavy (non-hydrogen) atoms. The predicted molar refractivity (Wildman–Crippen MR) is 117 cm³/mol. The van der Waals surface area contributed by atoms with Crippen molar-refractivity contribution in [3.05, 3.63) is 95.8 Å². The van der Waals surface area contributed by atoms with Gasteiger partial charge in [0, 0.05) is 17.8 Å². The zero-order chi connectivity index (χ0) is 21.8. The molecule has 0 radical (unpaired) electrons. The highest BCUT2D eigenvalue weighted by Crippen LogP contribution is 2.23. The molecular weight excluding hydrogens is 396 g/mol. The van der Waals surface area contributed by atoms with Crippen LogP contribution in [0.4, 0.5) is 8.78 Å². The van der Waals surface area contributed by atoms with Crippen molar-refractivity contribution in [1.82, 2.24) is 14.5 Å². The molecule has 0 spiro atoms. The Labute approximate surface area is 179 Å². The normalized spacial score (nSPS) is 11.1. The van der Waals surface area contributed by atoms with Gasteiger partial charge in [-0.2, -0.15) is 0 Å². The number of carbonyl (C=O) groups excluding carboxylic acids is 1. The molecule has 0 atom stereocenters. The fourth-order valence-corrected chi connectivity index (χ4v) is 3.63. The maximum atomic E-state index is 13.7. The first-order valence-corrected chi connectivity index (χ1v) is 10.3. The Kier molecular flexibility index (Phi) is 6.07. The summed E-state index contributed by atoms with van der Waals surface area (Å²) < 4.78 is 29.1. The second-order valence-corrected chi connectivity index (χ2v) is 7.40. The summed E-state index contributed by atoms with van der Waals surface area (Å²) in [4.78, 5) is 19.6. The number of benzene rings is 3.